The minimum absolute atomic E-state index is 0.0194. The van der Waals surface area contributed by atoms with Crippen molar-refractivity contribution in [1.82, 2.24) is 5.32 Å². The lowest BCUT2D eigenvalue weighted by Crippen LogP contribution is -2.42. The third kappa shape index (κ3) is 6.66. The molecule has 0 radical (unpaired) electrons. The lowest BCUT2D eigenvalue weighted by molar-refractivity contribution is -0.235. The molecule has 23 heavy (non-hydrogen) atoms. The van der Waals surface area contributed by atoms with Crippen LogP contribution in [0.2, 0.25) is 0 Å². The van der Waals surface area contributed by atoms with Gasteiger partial charge in [0, 0.05) is 19.4 Å². The number of amides is 1. The molecule has 128 valence electrons. The predicted molar refractivity (Wildman–Crippen MR) is 84.7 cm³/mol. The van der Waals surface area contributed by atoms with Gasteiger partial charge in [0.05, 0.1) is 19.3 Å². The second-order valence-corrected chi connectivity index (χ2v) is 5.72. The second-order valence-electron chi connectivity index (χ2n) is 5.72. The van der Waals surface area contributed by atoms with E-state index in [4.69, 9.17) is 9.47 Å². The smallest absolute Gasteiger partial charge is 0.220 e. The number of benzene rings is 1. The highest BCUT2D eigenvalue weighted by Gasteiger charge is 2.29. The molecule has 2 rings (SSSR count). The predicted octanol–water partition coefficient (Wildman–Crippen LogP) is 0.610. The summed E-state index contributed by atoms with van der Waals surface area (Å²) in [6.45, 7) is 1.09. The van der Waals surface area contributed by atoms with Crippen molar-refractivity contribution < 1.29 is 24.5 Å². The molecule has 1 fully saturated rings. The van der Waals surface area contributed by atoms with E-state index in [1.807, 2.05) is 30.3 Å². The first-order valence-electron chi connectivity index (χ1n) is 8.05. The van der Waals surface area contributed by atoms with Crippen LogP contribution in [0.5, 0.6) is 0 Å². The lowest BCUT2D eigenvalue weighted by atomic mass is 10.1. The van der Waals surface area contributed by atoms with Crippen molar-refractivity contribution in [3.05, 3.63) is 35.9 Å². The monoisotopic (exact) mass is 323 g/mol. The third-order valence-electron chi connectivity index (χ3n) is 3.69. The molecule has 1 aromatic carbocycles. The molecule has 0 bridgehead atoms. The molecule has 1 amide bonds. The number of hydrogen-bond donors (Lipinski definition) is 3. The largest absolute Gasteiger partial charge is 0.391 e. The van der Waals surface area contributed by atoms with Gasteiger partial charge in [-0.05, 0) is 18.4 Å². The Hall–Kier alpha value is -1.47. The van der Waals surface area contributed by atoms with Gasteiger partial charge < -0.3 is 25.0 Å². The van der Waals surface area contributed by atoms with Crippen LogP contribution in [0.3, 0.4) is 0 Å². The van der Waals surface area contributed by atoms with Gasteiger partial charge in [-0.1, -0.05) is 30.3 Å². The van der Waals surface area contributed by atoms with E-state index in [-0.39, 0.29) is 18.9 Å². The van der Waals surface area contributed by atoms with Crippen molar-refractivity contribution in [2.45, 2.75) is 44.2 Å². The zero-order chi connectivity index (χ0) is 16.5. The highest BCUT2D eigenvalue weighted by Crippen LogP contribution is 2.15. The fourth-order valence-electron chi connectivity index (χ4n) is 2.42. The summed E-state index contributed by atoms with van der Waals surface area (Å²) >= 11 is 0. The van der Waals surface area contributed by atoms with E-state index >= 15 is 0 Å². The fourth-order valence-corrected chi connectivity index (χ4v) is 2.42. The van der Waals surface area contributed by atoms with Crippen molar-refractivity contribution >= 4 is 5.91 Å². The SMILES string of the molecule is O=C(CCc1ccccc1)NCCCO[C@@H]1OC[C@@H](O)C[C@H]1O. The van der Waals surface area contributed by atoms with Crippen LogP contribution in [0.4, 0.5) is 0 Å². The number of aliphatic hydroxyl groups excluding tert-OH is 2. The Labute approximate surface area is 136 Å². The standard InChI is InChI=1S/C17H25NO5/c19-14-11-15(20)17(23-12-14)22-10-4-9-18-16(21)8-7-13-5-2-1-3-6-13/h1-3,5-6,14-15,17,19-20H,4,7-12H2,(H,18,21)/t14-,15+,17+/m0/s1. The molecule has 1 saturated heterocycles. The van der Waals surface area contributed by atoms with Crippen LogP contribution in [-0.2, 0) is 20.7 Å². The van der Waals surface area contributed by atoms with Gasteiger partial charge in [0.25, 0.3) is 0 Å². The zero-order valence-corrected chi connectivity index (χ0v) is 13.2. The van der Waals surface area contributed by atoms with Crippen molar-refractivity contribution in [2.24, 2.45) is 0 Å². The van der Waals surface area contributed by atoms with E-state index < -0.39 is 18.5 Å². The van der Waals surface area contributed by atoms with Gasteiger partial charge in [-0.3, -0.25) is 4.79 Å². The van der Waals surface area contributed by atoms with Gasteiger partial charge in [-0.2, -0.15) is 0 Å². The van der Waals surface area contributed by atoms with E-state index in [2.05, 4.69) is 5.32 Å². The molecule has 0 aromatic heterocycles. The Morgan fingerprint density at radius 1 is 1.30 bits per heavy atom. The number of carbonyl (C=O) groups excluding carboxylic acids is 1. The van der Waals surface area contributed by atoms with Crippen LogP contribution in [0.25, 0.3) is 0 Å². The Bertz CT molecular complexity index is 467. The first-order valence-corrected chi connectivity index (χ1v) is 8.05. The average molecular weight is 323 g/mol. The summed E-state index contributed by atoms with van der Waals surface area (Å²) in [6.07, 6.45) is -0.0198. The summed E-state index contributed by atoms with van der Waals surface area (Å²) in [4.78, 5) is 11.7. The molecule has 0 aliphatic carbocycles. The van der Waals surface area contributed by atoms with Gasteiger partial charge in [-0.15, -0.1) is 0 Å². The number of hydrogen-bond acceptors (Lipinski definition) is 5. The maximum atomic E-state index is 11.7. The number of rotatable bonds is 8. The zero-order valence-electron chi connectivity index (χ0n) is 13.2. The first-order chi connectivity index (χ1) is 11.1. The highest BCUT2D eigenvalue weighted by atomic mass is 16.7. The first kappa shape index (κ1) is 17.9. The summed E-state index contributed by atoms with van der Waals surface area (Å²) in [6, 6.07) is 9.90. The van der Waals surface area contributed by atoms with Crippen LogP contribution in [0.15, 0.2) is 30.3 Å². The fraction of sp³-hybridized carbons (Fsp3) is 0.588. The van der Waals surface area contributed by atoms with E-state index in [0.717, 1.165) is 12.0 Å². The Morgan fingerprint density at radius 2 is 2.09 bits per heavy atom. The Kier molecular flexibility index (Phi) is 7.48. The normalized spacial score (nSPS) is 24.3. The minimum atomic E-state index is -0.806. The molecule has 0 unspecified atom stereocenters. The summed E-state index contributed by atoms with van der Waals surface area (Å²) < 4.78 is 10.6. The summed E-state index contributed by atoms with van der Waals surface area (Å²) in [5.41, 5.74) is 1.15. The van der Waals surface area contributed by atoms with Crippen molar-refractivity contribution in [2.75, 3.05) is 19.8 Å². The van der Waals surface area contributed by atoms with Gasteiger partial charge in [0.2, 0.25) is 5.91 Å². The lowest BCUT2D eigenvalue weighted by Gasteiger charge is -2.30. The van der Waals surface area contributed by atoms with Gasteiger partial charge in [0.1, 0.15) is 6.10 Å². The average Bonchev–Trinajstić information content (AvgIpc) is 2.55. The molecule has 6 nitrogen and oxygen atoms in total. The number of aliphatic hydroxyl groups is 2. The van der Waals surface area contributed by atoms with Crippen LogP contribution in [0, 0.1) is 0 Å². The molecule has 6 heteroatoms. The maximum absolute atomic E-state index is 11.7. The summed E-state index contributed by atoms with van der Waals surface area (Å²) in [5, 5.41) is 21.8. The van der Waals surface area contributed by atoms with E-state index in [0.29, 0.717) is 26.0 Å². The summed E-state index contributed by atoms with van der Waals surface area (Å²) in [7, 11) is 0. The van der Waals surface area contributed by atoms with Crippen LogP contribution in [0.1, 0.15) is 24.8 Å². The van der Waals surface area contributed by atoms with Crippen molar-refractivity contribution in [3.63, 3.8) is 0 Å². The molecular weight excluding hydrogens is 298 g/mol. The molecular formula is C17H25NO5. The molecule has 3 N–H and O–H groups in total. The molecule has 1 aliphatic heterocycles. The maximum Gasteiger partial charge on any atom is 0.220 e. The van der Waals surface area contributed by atoms with Crippen molar-refractivity contribution in [3.8, 4) is 0 Å². The van der Waals surface area contributed by atoms with E-state index in [1.54, 1.807) is 0 Å². The minimum Gasteiger partial charge on any atom is -0.391 e. The number of aryl methyl sites for hydroxylation is 1. The Balaban J connectivity index is 1.51. The molecule has 0 saturated carbocycles. The third-order valence-corrected chi connectivity index (χ3v) is 3.69. The highest BCUT2D eigenvalue weighted by molar-refractivity contribution is 5.76. The molecule has 3 atom stereocenters. The van der Waals surface area contributed by atoms with Crippen molar-refractivity contribution in [1.29, 1.82) is 0 Å². The number of carbonyl (C=O) groups is 1. The van der Waals surface area contributed by atoms with E-state index in [1.165, 1.54) is 0 Å². The van der Waals surface area contributed by atoms with Crippen LogP contribution >= 0.6 is 0 Å². The van der Waals surface area contributed by atoms with Gasteiger partial charge in [0.15, 0.2) is 6.29 Å². The molecule has 1 heterocycles. The number of nitrogens with one attached hydrogen (secondary N) is 1. The molecule has 0 spiro atoms. The topological polar surface area (TPSA) is 88.0 Å². The van der Waals surface area contributed by atoms with Gasteiger partial charge >= 0.3 is 0 Å². The van der Waals surface area contributed by atoms with Crippen LogP contribution < -0.4 is 5.32 Å². The van der Waals surface area contributed by atoms with Gasteiger partial charge in [-0.25, -0.2) is 0 Å². The molecule has 1 aromatic rings. The second kappa shape index (κ2) is 9.62. The van der Waals surface area contributed by atoms with Crippen LogP contribution in [-0.4, -0.2) is 54.4 Å². The summed E-state index contributed by atoms with van der Waals surface area (Å²) in [5.74, 6) is 0.0194. The Morgan fingerprint density at radius 3 is 2.83 bits per heavy atom. The number of ether oxygens (including phenoxy) is 2. The molecule has 1 aliphatic rings. The quantitative estimate of drug-likeness (QED) is 0.610. The van der Waals surface area contributed by atoms with E-state index in [9.17, 15) is 15.0 Å².